The molecule has 0 heterocycles. The highest BCUT2D eigenvalue weighted by Crippen LogP contribution is 2.18. The lowest BCUT2D eigenvalue weighted by atomic mass is 10.2. The first-order valence-electron chi connectivity index (χ1n) is 3.24. The Bertz CT molecular complexity index is 271. The minimum absolute atomic E-state index is 0.0130. The molecule has 0 aromatic heterocycles. The standard InChI is InChI=1S/C8H9NO2/c1-9-7-2-3-8(11)6(4-7)5-10/h2-5,9,11H,1H3. The van der Waals surface area contributed by atoms with Crippen molar-refractivity contribution >= 4 is 12.0 Å². The number of anilines is 1. The van der Waals surface area contributed by atoms with E-state index >= 15 is 0 Å². The Morgan fingerprint density at radius 1 is 1.55 bits per heavy atom. The number of nitrogens with one attached hydrogen (secondary N) is 1. The van der Waals surface area contributed by atoms with Gasteiger partial charge in [-0.1, -0.05) is 0 Å². The number of hydrogen-bond donors (Lipinski definition) is 2. The molecule has 0 aliphatic carbocycles. The highest BCUT2D eigenvalue weighted by Gasteiger charge is 1.98. The first-order chi connectivity index (χ1) is 5.27. The normalized spacial score (nSPS) is 9.18. The summed E-state index contributed by atoms with van der Waals surface area (Å²) in [7, 11) is 1.75. The number of carbonyl (C=O) groups excluding carboxylic acids is 1. The number of aldehydes is 1. The molecule has 58 valence electrons. The van der Waals surface area contributed by atoms with E-state index in [1.807, 2.05) is 0 Å². The van der Waals surface area contributed by atoms with Gasteiger partial charge in [-0.25, -0.2) is 0 Å². The first kappa shape index (κ1) is 7.60. The van der Waals surface area contributed by atoms with Crippen LogP contribution in [-0.4, -0.2) is 18.4 Å². The van der Waals surface area contributed by atoms with Gasteiger partial charge in [-0.2, -0.15) is 0 Å². The maximum absolute atomic E-state index is 10.3. The van der Waals surface area contributed by atoms with Gasteiger partial charge in [0.1, 0.15) is 5.75 Å². The topological polar surface area (TPSA) is 49.3 Å². The molecule has 2 N–H and O–H groups in total. The molecule has 0 spiro atoms. The van der Waals surface area contributed by atoms with Crippen molar-refractivity contribution in [2.75, 3.05) is 12.4 Å². The number of benzene rings is 1. The molecule has 0 bridgehead atoms. The number of phenolic OH excluding ortho intramolecular Hbond substituents is 1. The second-order valence-corrected chi connectivity index (χ2v) is 2.14. The van der Waals surface area contributed by atoms with Crippen LogP contribution in [0.5, 0.6) is 5.75 Å². The number of aromatic hydroxyl groups is 1. The van der Waals surface area contributed by atoms with Crippen LogP contribution in [0.3, 0.4) is 0 Å². The monoisotopic (exact) mass is 151 g/mol. The van der Waals surface area contributed by atoms with E-state index in [0.29, 0.717) is 11.8 Å². The van der Waals surface area contributed by atoms with E-state index < -0.39 is 0 Å². The van der Waals surface area contributed by atoms with E-state index in [1.165, 1.54) is 6.07 Å². The quantitative estimate of drug-likeness (QED) is 0.494. The lowest BCUT2D eigenvalue weighted by Gasteiger charge is -2.01. The van der Waals surface area contributed by atoms with Crippen molar-refractivity contribution in [3.63, 3.8) is 0 Å². The van der Waals surface area contributed by atoms with Crippen molar-refractivity contribution < 1.29 is 9.90 Å². The van der Waals surface area contributed by atoms with E-state index in [4.69, 9.17) is 5.11 Å². The van der Waals surface area contributed by atoms with Gasteiger partial charge >= 0.3 is 0 Å². The lowest BCUT2D eigenvalue weighted by Crippen LogP contribution is -1.89. The van der Waals surface area contributed by atoms with Gasteiger partial charge in [0.25, 0.3) is 0 Å². The van der Waals surface area contributed by atoms with Crippen LogP contribution >= 0.6 is 0 Å². The molecule has 0 aliphatic rings. The molecule has 11 heavy (non-hydrogen) atoms. The third-order valence-corrected chi connectivity index (χ3v) is 1.44. The molecule has 0 saturated carbocycles. The van der Waals surface area contributed by atoms with Crippen LogP contribution in [0.25, 0.3) is 0 Å². The van der Waals surface area contributed by atoms with Crippen molar-refractivity contribution in [1.82, 2.24) is 0 Å². The summed E-state index contributed by atoms with van der Waals surface area (Å²) in [5.41, 5.74) is 1.11. The molecule has 3 nitrogen and oxygen atoms in total. The number of phenols is 1. The predicted octanol–water partition coefficient (Wildman–Crippen LogP) is 1.25. The average molecular weight is 151 g/mol. The lowest BCUT2D eigenvalue weighted by molar-refractivity contribution is 0.112. The van der Waals surface area contributed by atoms with Gasteiger partial charge in [0, 0.05) is 12.7 Å². The molecule has 1 rings (SSSR count). The predicted molar refractivity (Wildman–Crippen MR) is 43.0 cm³/mol. The van der Waals surface area contributed by atoms with Crippen LogP contribution in [0.4, 0.5) is 5.69 Å². The summed E-state index contributed by atoms with van der Waals surface area (Å²) in [4.78, 5) is 10.3. The number of hydrogen-bond acceptors (Lipinski definition) is 3. The SMILES string of the molecule is CNc1ccc(O)c(C=O)c1. The molecular weight excluding hydrogens is 142 g/mol. The maximum Gasteiger partial charge on any atom is 0.153 e. The van der Waals surface area contributed by atoms with Gasteiger partial charge in [0.15, 0.2) is 6.29 Å². The Morgan fingerprint density at radius 3 is 2.82 bits per heavy atom. The Labute approximate surface area is 64.7 Å². The third-order valence-electron chi connectivity index (χ3n) is 1.44. The van der Waals surface area contributed by atoms with E-state index in [9.17, 15) is 4.79 Å². The summed E-state index contributed by atoms with van der Waals surface area (Å²) in [5, 5.41) is 11.9. The molecule has 0 unspecified atom stereocenters. The summed E-state index contributed by atoms with van der Waals surface area (Å²) in [6.07, 6.45) is 0.621. The summed E-state index contributed by atoms with van der Waals surface area (Å²) >= 11 is 0. The Kier molecular flexibility index (Phi) is 2.11. The first-order valence-corrected chi connectivity index (χ1v) is 3.24. The fraction of sp³-hybridized carbons (Fsp3) is 0.125. The van der Waals surface area contributed by atoms with Crippen molar-refractivity contribution in [3.05, 3.63) is 23.8 Å². The van der Waals surface area contributed by atoms with Crippen LogP contribution in [0.1, 0.15) is 10.4 Å². The van der Waals surface area contributed by atoms with E-state index in [1.54, 1.807) is 19.2 Å². The minimum atomic E-state index is 0.0130. The molecule has 3 heteroatoms. The Morgan fingerprint density at radius 2 is 2.27 bits per heavy atom. The molecular formula is C8H9NO2. The number of carbonyl (C=O) groups is 1. The maximum atomic E-state index is 10.3. The second-order valence-electron chi connectivity index (χ2n) is 2.14. The summed E-state index contributed by atoms with van der Waals surface area (Å²) < 4.78 is 0. The van der Waals surface area contributed by atoms with E-state index in [-0.39, 0.29) is 5.75 Å². The Balaban J connectivity index is 3.12. The molecule has 0 aliphatic heterocycles. The van der Waals surface area contributed by atoms with Crippen molar-refractivity contribution in [2.45, 2.75) is 0 Å². The molecule has 1 aromatic carbocycles. The number of rotatable bonds is 2. The molecule has 0 fully saturated rings. The molecule has 0 atom stereocenters. The fourth-order valence-electron chi connectivity index (χ4n) is 0.804. The van der Waals surface area contributed by atoms with Gasteiger partial charge in [-0.3, -0.25) is 4.79 Å². The van der Waals surface area contributed by atoms with Crippen LogP contribution in [0.2, 0.25) is 0 Å². The molecule has 0 saturated heterocycles. The molecule has 1 aromatic rings. The average Bonchev–Trinajstić information content (AvgIpc) is 2.05. The fourth-order valence-corrected chi connectivity index (χ4v) is 0.804. The summed E-state index contributed by atoms with van der Waals surface area (Å²) in [5.74, 6) is 0.0130. The van der Waals surface area contributed by atoms with Gasteiger partial charge in [0.2, 0.25) is 0 Å². The van der Waals surface area contributed by atoms with Gasteiger partial charge in [-0.05, 0) is 18.2 Å². The van der Waals surface area contributed by atoms with E-state index in [0.717, 1.165) is 5.69 Å². The van der Waals surface area contributed by atoms with Crippen LogP contribution < -0.4 is 5.32 Å². The highest BCUT2D eigenvalue weighted by atomic mass is 16.3. The van der Waals surface area contributed by atoms with Crippen molar-refractivity contribution in [2.24, 2.45) is 0 Å². The van der Waals surface area contributed by atoms with Crippen LogP contribution in [0, 0.1) is 0 Å². The third kappa shape index (κ3) is 1.49. The van der Waals surface area contributed by atoms with Crippen molar-refractivity contribution in [3.8, 4) is 5.75 Å². The zero-order chi connectivity index (χ0) is 8.27. The Hall–Kier alpha value is -1.51. The minimum Gasteiger partial charge on any atom is -0.507 e. The highest BCUT2D eigenvalue weighted by molar-refractivity contribution is 5.81. The van der Waals surface area contributed by atoms with E-state index in [2.05, 4.69) is 5.32 Å². The molecule has 0 radical (unpaired) electrons. The summed E-state index contributed by atoms with van der Waals surface area (Å²) in [6, 6.07) is 4.76. The smallest absolute Gasteiger partial charge is 0.153 e. The zero-order valence-corrected chi connectivity index (χ0v) is 6.16. The van der Waals surface area contributed by atoms with Gasteiger partial charge in [-0.15, -0.1) is 0 Å². The van der Waals surface area contributed by atoms with Gasteiger partial charge in [0.05, 0.1) is 5.56 Å². The summed E-state index contributed by atoms with van der Waals surface area (Å²) in [6.45, 7) is 0. The van der Waals surface area contributed by atoms with Crippen LogP contribution in [0.15, 0.2) is 18.2 Å². The van der Waals surface area contributed by atoms with Crippen molar-refractivity contribution in [1.29, 1.82) is 0 Å². The van der Waals surface area contributed by atoms with Crippen LogP contribution in [-0.2, 0) is 0 Å². The second kappa shape index (κ2) is 3.05. The largest absolute Gasteiger partial charge is 0.507 e. The zero-order valence-electron chi connectivity index (χ0n) is 6.16. The molecule has 0 amide bonds. The van der Waals surface area contributed by atoms with Gasteiger partial charge < -0.3 is 10.4 Å².